The minimum Gasteiger partial charge on any atom is -0.311 e. The van der Waals surface area contributed by atoms with Gasteiger partial charge in [0.25, 0.3) is 0 Å². The monoisotopic (exact) mass is 229 g/mol. The summed E-state index contributed by atoms with van der Waals surface area (Å²) in [5, 5.41) is 3.86. The van der Waals surface area contributed by atoms with Crippen molar-refractivity contribution in [2.45, 2.75) is 51.1 Å². The van der Waals surface area contributed by atoms with E-state index in [0.717, 1.165) is 24.3 Å². The highest BCUT2D eigenvalue weighted by atomic mass is 15.0. The molecule has 2 fully saturated rings. The summed E-state index contributed by atoms with van der Waals surface area (Å²) in [6, 6.07) is 12.3. The Morgan fingerprint density at radius 2 is 2.00 bits per heavy atom. The number of hydrogen-bond donors (Lipinski definition) is 1. The topological polar surface area (TPSA) is 12.0 Å². The molecule has 4 atom stereocenters. The van der Waals surface area contributed by atoms with Gasteiger partial charge in [-0.25, -0.2) is 0 Å². The minimum absolute atomic E-state index is 0.613. The first kappa shape index (κ1) is 11.3. The van der Waals surface area contributed by atoms with Crippen molar-refractivity contribution in [2.24, 2.45) is 11.8 Å². The molecule has 17 heavy (non-hydrogen) atoms. The van der Waals surface area contributed by atoms with Crippen LogP contribution in [0.4, 0.5) is 0 Å². The largest absolute Gasteiger partial charge is 0.311 e. The van der Waals surface area contributed by atoms with Crippen molar-refractivity contribution in [2.75, 3.05) is 0 Å². The first-order valence-electron chi connectivity index (χ1n) is 7.11. The molecule has 0 unspecified atom stereocenters. The maximum Gasteiger partial charge on any atom is 0.0101 e. The molecule has 0 heterocycles. The van der Waals surface area contributed by atoms with E-state index in [9.17, 15) is 0 Å². The van der Waals surface area contributed by atoms with Gasteiger partial charge in [0, 0.05) is 12.1 Å². The van der Waals surface area contributed by atoms with Crippen LogP contribution in [-0.2, 0) is 6.42 Å². The Balaban J connectivity index is 1.52. The van der Waals surface area contributed by atoms with E-state index >= 15 is 0 Å². The summed E-state index contributed by atoms with van der Waals surface area (Å²) in [5.41, 5.74) is 1.45. The average Bonchev–Trinajstić information content (AvgIpc) is 2.92. The summed E-state index contributed by atoms with van der Waals surface area (Å²) in [6.07, 6.45) is 7.06. The fraction of sp³-hybridized carbons (Fsp3) is 0.625. The lowest BCUT2D eigenvalue weighted by Gasteiger charge is -2.27. The molecule has 2 saturated carbocycles. The van der Waals surface area contributed by atoms with Crippen LogP contribution >= 0.6 is 0 Å². The number of nitrogens with one attached hydrogen (secondary N) is 1. The highest BCUT2D eigenvalue weighted by Gasteiger charge is 2.39. The molecule has 0 aromatic heterocycles. The zero-order valence-electron chi connectivity index (χ0n) is 10.7. The van der Waals surface area contributed by atoms with Gasteiger partial charge in [0.1, 0.15) is 0 Å². The highest BCUT2D eigenvalue weighted by Crippen LogP contribution is 2.44. The molecular formula is C16H23N. The first-order valence-corrected chi connectivity index (χ1v) is 7.11. The third-order valence-corrected chi connectivity index (χ3v) is 4.62. The molecule has 3 rings (SSSR count). The standard InChI is InChI=1S/C16H23N/c1-12(9-13-5-3-2-4-6-13)17-16-11-14-7-8-15(16)10-14/h2-6,12,14-17H,7-11H2,1H3/t12-,14+,15+,16+/m1/s1. The van der Waals surface area contributed by atoms with Gasteiger partial charge in [0.2, 0.25) is 0 Å². The van der Waals surface area contributed by atoms with Gasteiger partial charge in [0.15, 0.2) is 0 Å². The van der Waals surface area contributed by atoms with E-state index < -0.39 is 0 Å². The molecule has 1 N–H and O–H groups in total. The second kappa shape index (κ2) is 4.81. The van der Waals surface area contributed by atoms with Crippen LogP contribution in [0, 0.1) is 11.8 Å². The van der Waals surface area contributed by atoms with Gasteiger partial charge < -0.3 is 5.32 Å². The Morgan fingerprint density at radius 1 is 1.18 bits per heavy atom. The molecule has 0 spiro atoms. The number of benzene rings is 1. The van der Waals surface area contributed by atoms with Crippen molar-refractivity contribution >= 4 is 0 Å². The molecule has 0 aliphatic heterocycles. The maximum atomic E-state index is 3.86. The fourth-order valence-corrected chi connectivity index (χ4v) is 3.84. The molecule has 0 amide bonds. The van der Waals surface area contributed by atoms with Crippen molar-refractivity contribution < 1.29 is 0 Å². The minimum atomic E-state index is 0.613. The number of hydrogen-bond acceptors (Lipinski definition) is 1. The van der Waals surface area contributed by atoms with Crippen molar-refractivity contribution in [1.29, 1.82) is 0 Å². The third-order valence-electron chi connectivity index (χ3n) is 4.62. The van der Waals surface area contributed by atoms with Crippen LogP contribution in [0.2, 0.25) is 0 Å². The molecule has 92 valence electrons. The van der Waals surface area contributed by atoms with Crippen molar-refractivity contribution in [1.82, 2.24) is 5.32 Å². The molecule has 1 aromatic carbocycles. The molecule has 2 aliphatic carbocycles. The summed E-state index contributed by atoms with van der Waals surface area (Å²) < 4.78 is 0. The maximum absolute atomic E-state index is 3.86. The molecule has 0 saturated heterocycles. The predicted molar refractivity (Wildman–Crippen MR) is 72.0 cm³/mol. The van der Waals surface area contributed by atoms with Gasteiger partial charge in [-0.1, -0.05) is 36.8 Å². The molecule has 2 bridgehead atoms. The van der Waals surface area contributed by atoms with E-state index in [4.69, 9.17) is 0 Å². The SMILES string of the molecule is C[C@H](Cc1ccccc1)N[C@H]1C[C@H]2CC[C@H]1C2. The van der Waals surface area contributed by atoms with E-state index in [1.54, 1.807) is 0 Å². The van der Waals surface area contributed by atoms with Gasteiger partial charge in [-0.05, 0) is 50.0 Å². The third kappa shape index (κ3) is 2.55. The quantitative estimate of drug-likeness (QED) is 0.834. The van der Waals surface area contributed by atoms with Gasteiger partial charge in [-0.2, -0.15) is 0 Å². The number of fused-ring (bicyclic) bond motifs is 2. The van der Waals surface area contributed by atoms with Crippen LogP contribution in [-0.4, -0.2) is 12.1 Å². The first-order chi connectivity index (χ1) is 8.31. The summed E-state index contributed by atoms with van der Waals surface area (Å²) in [4.78, 5) is 0. The van der Waals surface area contributed by atoms with Crippen LogP contribution in [0.15, 0.2) is 30.3 Å². The highest BCUT2D eigenvalue weighted by molar-refractivity contribution is 5.15. The Kier molecular flexibility index (Phi) is 3.19. The number of rotatable bonds is 4. The zero-order valence-corrected chi connectivity index (χ0v) is 10.7. The summed E-state index contributed by atoms with van der Waals surface area (Å²) >= 11 is 0. The van der Waals surface area contributed by atoms with Crippen LogP contribution in [0.25, 0.3) is 0 Å². The lowest BCUT2D eigenvalue weighted by atomic mass is 9.94. The summed E-state index contributed by atoms with van der Waals surface area (Å²) in [5.74, 6) is 2.03. The second-order valence-corrected chi connectivity index (χ2v) is 6.04. The lowest BCUT2D eigenvalue weighted by molar-refractivity contribution is 0.323. The van der Waals surface area contributed by atoms with Crippen molar-refractivity contribution in [3.8, 4) is 0 Å². The lowest BCUT2D eigenvalue weighted by Crippen LogP contribution is -2.40. The molecule has 1 nitrogen and oxygen atoms in total. The molecule has 1 aromatic rings. The molecular weight excluding hydrogens is 206 g/mol. The molecule has 2 aliphatic rings. The predicted octanol–water partition coefficient (Wildman–Crippen LogP) is 3.40. The van der Waals surface area contributed by atoms with Gasteiger partial charge in [-0.15, -0.1) is 0 Å². The van der Waals surface area contributed by atoms with Crippen LogP contribution in [0.5, 0.6) is 0 Å². The van der Waals surface area contributed by atoms with Crippen LogP contribution in [0.3, 0.4) is 0 Å². The van der Waals surface area contributed by atoms with Crippen LogP contribution < -0.4 is 5.32 Å². The van der Waals surface area contributed by atoms with Crippen LogP contribution in [0.1, 0.15) is 38.2 Å². The average molecular weight is 229 g/mol. The van der Waals surface area contributed by atoms with Gasteiger partial charge in [0.05, 0.1) is 0 Å². The van der Waals surface area contributed by atoms with E-state index in [1.807, 2.05) is 0 Å². The Labute approximate surface area is 105 Å². The van der Waals surface area contributed by atoms with Gasteiger partial charge >= 0.3 is 0 Å². The summed E-state index contributed by atoms with van der Waals surface area (Å²) in [7, 11) is 0. The van der Waals surface area contributed by atoms with Crippen molar-refractivity contribution in [3.63, 3.8) is 0 Å². The molecule has 0 radical (unpaired) electrons. The van der Waals surface area contributed by atoms with E-state index in [1.165, 1.54) is 31.2 Å². The Morgan fingerprint density at radius 3 is 2.65 bits per heavy atom. The van der Waals surface area contributed by atoms with Crippen molar-refractivity contribution in [3.05, 3.63) is 35.9 Å². The zero-order chi connectivity index (χ0) is 11.7. The van der Waals surface area contributed by atoms with Gasteiger partial charge in [-0.3, -0.25) is 0 Å². The Hall–Kier alpha value is -0.820. The Bertz CT molecular complexity index is 359. The molecule has 1 heteroatoms. The normalized spacial score (nSPS) is 32.9. The van der Waals surface area contributed by atoms with E-state index in [0.29, 0.717) is 6.04 Å². The van der Waals surface area contributed by atoms with E-state index in [-0.39, 0.29) is 0 Å². The summed E-state index contributed by atoms with van der Waals surface area (Å²) in [6.45, 7) is 2.33. The second-order valence-electron chi connectivity index (χ2n) is 6.04. The van der Waals surface area contributed by atoms with E-state index in [2.05, 4.69) is 42.6 Å². The fourth-order valence-electron chi connectivity index (χ4n) is 3.84. The smallest absolute Gasteiger partial charge is 0.0101 e.